The van der Waals surface area contributed by atoms with Gasteiger partial charge in [0.2, 0.25) is 5.88 Å². The van der Waals surface area contributed by atoms with Gasteiger partial charge in [0.25, 0.3) is 0 Å². The summed E-state index contributed by atoms with van der Waals surface area (Å²) in [7, 11) is -4.43. The SMILES string of the molecule is COc1cc(OS(=O)(=O)C(F)(F)F)[nH]c1Cc1cc2ccccc2[nH]1. The number of aromatic amines is 2. The fourth-order valence-electron chi connectivity index (χ4n) is 2.40. The Kier molecular flexibility index (Phi) is 4.15. The second-order valence-electron chi connectivity index (χ2n) is 5.22. The van der Waals surface area contributed by atoms with Crippen molar-refractivity contribution in [1.82, 2.24) is 9.97 Å². The van der Waals surface area contributed by atoms with Gasteiger partial charge in [0, 0.05) is 23.7 Å². The summed E-state index contributed by atoms with van der Waals surface area (Å²) in [5.41, 5.74) is -3.46. The van der Waals surface area contributed by atoms with Crippen LogP contribution in [0.1, 0.15) is 11.4 Å². The third-order valence-electron chi connectivity index (χ3n) is 3.49. The van der Waals surface area contributed by atoms with Crippen LogP contribution in [-0.2, 0) is 16.5 Å². The van der Waals surface area contributed by atoms with E-state index >= 15 is 0 Å². The van der Waals surface area contributed by atoms with Gasteiger partial charge in [-0.05, 0) is 17.5 Å². The molecular formula is C15H13F3N2O4S. The average Bonchev–Trinajstić information content (AvgIpc) is 3.08. The Morgan fingerprint density at radius 2 is 1.84 bits per heavy atom. The second kappa shape index (κ2) is 6.03. The van der Waals surface area contributed by atoms with Crippen molar-refractivity contribution in [2.45, 2.75) is 11.9 Å². The summed E-state index contributed by atoms with van der Waals surface area (Å²) in [6.07, 6.45) is 0.257. The molecule has 6 nitrogen and oxygen atoms in total. The number of hydrogen-bond donors (Lipinski definition) is 2. The topological polar surface area (TPSA) is 84.2 Å². The number of aromatic nitrogens is 2. The Bertz CT molecular complexity index is 972. The molecule has 0 spiro atoms. The Morgan fingerprint density at radius 1 is 1.12 bits per heavy atom. The number of fused-ring (bicyclic) bond motifs is 1. The molecule has 0 atom stereocenters. The lowest BCUT2D eigenvalue weighted by Gasteiger charge is -2.07. The zero-order valence-electron chi connectivity index (χ0n) is 12.8. The van der Waals surface area contributed by atoms with Crippen molar-refractivity contribution in [1.29, 1.82) is 0 Å². The van der Waals surface area contributed by atoms with Crippen LogP contribution in [-0.4, -0.2) is 31.0 Å². The van der Waals surface area contributed by atoms with Gasteiger partial charge < -0.3 is 18.9 Å². The molecule has 0 bridgehead atoms. The van der Waals surface area contributed by atoms with Gasteiger partial charge in [-0.15, -0.1) is 0 Å². The minimum atomic E-state index is -5.75. The van der Waals surface area contributed by atoms with Gasteiger partial charge in [0.05, 0.1) is 12.8 Å². The largest absolute Gasteiger partial charge is 0.534 e. The van der Waals surface area contributed by atoms with Crippen LogP contribution in [0.15, 0.2) is 36.4 Å². The third-order valence-corrected chi connectivity index (χ3v) is 4.46. The summed E-state index contributed by atoms with van der Waals surface area (Å²) in [5.74, 6) is -0.383. The van der Waals surface area contributed by atoms with Crippen LogP contribution in [0.25, 0.3) is 10.9 Å². The number of ether oxygens (including phenoxy) is 1. The highest BCUT2D eigenvalue weighted by atomic mass is 32.2. The van der Waals surface area contributed by atoms with Gasteiger partial charge in [-0.1, -0.05) is 18.2 Å². The molecule has 10 heteroatoms. The maximum atomic E-state index is 12.4. The Labute approximate surface area is 140 Å². The number of H-pyrrole nitrogens is 2. The molecule has 134 valence electrons. The zero-order valence-corrected chi connectivity index (χ0v) is 13.7. The molecule has 0 aliphatic carbocycles. The summed E-state index contributed by atoms with van der Waals surface area (Å²) in [6.45, 7) is 0. The standard InChI is InChI=1S/C15H13F3N2O4S/c1-23-13-8-14(24-25(21,22)15(16,17)18)20-12(13)7-10-6-9-4-2-3-5-11(9)19-10/h2-6,8,19-20H,7H2,1H3. The molecule has 25 heavy (non-hydrogen) atoms. The molecule has 0 unspecified atom stereocenters. The van der Waals surface area contributed by atoms with Crippen LogP contribution < -0.4 is 8.92 Å². The highest BCUT2D eigenvalue weighted by molar-refractivity contribution is 7.87. The van der Waals surface area contributed by atoms with Crippen LogP contribution in [0.3, 0.4) is 0 Å². The summed E-state index contributed by atoms with van der Waals surface area (Å²) < 4.78 is 68.6. The average molecular weight is 374 g/mol. The van der Waals surface area contributed by atoms with Gasteiger partial charge in [-0.3, -0.25) is 0 Å². The van der Waals surface area contributed by atoms with Crippen LogP contribution in [0, 0.1) is 0 Å². The minimum Gasteiger partial charge on any atom is -0.495 e. The number of benzene rings is 1. The summed E-state index contributed by atoms with van der Waals surface area (Å²) in [4.78, 5) is 5.67. The maximum Gasteiger partial charge on any atom is 0.534 e. The van der Waals surface area contributed by atoms with E-state index in [1.807, 2.05) is 30.3 Å². The fourth-order valence-corrected chi connectivity index (χ4v) is 2.82. The number of rotatable bonds is 5. The van der Waals surface area contributed by atoms with E-state index in [0.717, 1.165) is 22.7 Å². The van der Waals surface area contributed by atoms with E-state index in [2.05, 4.69) is 14.2 Å². The first-order valence-electron chi connectivity index (χ1n) is 7.03. The predicted molar refractivity (Wildman–Crippen MR) is 84.1 cm³/mol. The lowest BCUT2D eigenvalue weighted by Crippen LogP contribution is -2.28. The molecule has 2 N–H and O–H groups in total. The van der Waals surface area contributed by atoms with Gasteiger partial charge in [-0.2, -0.15) is 21.6 Å². The van der Waals surface area contributed by atoms with Gasteiger partial charge in [0.1, 0.15) is 5.75 Å². The molecule has 0 aliphatic heterocycles. The highest BCUT2D eigenvalue weighted by Crippen LogP contribution is 2.31. The Balaban J connectivity index is 1.88. The van der Waals surface area contributed by atoms with E-state index in [0.29, 0.717) is 5.69 Å². The van der Waals surface area contributed by atoms with Crippen molar-refractivity contribution in [3.63, 3.8) is 0 Å². The lowest BCUT2D eigenvalue weighted by atomic mass is 10.2. The van der Waals surface area contributed by atoms with Gasteiger partial charge >= 0.3 is 15.6 Å². The Morgan fingerprint density at radius 3 is 2.48 bits per heavy atom. The van der Waals surface area contributed by atoms with E-state index in [9.17, 15) is 21.6 Å². The van der Waals surface area contributed by atoms with E-state index in [4.69, 9.17) is 4.74 Å². The molecule has 3 rings (SSSR count). The molecule has 0 radical (unpaired) electrons. The van der Waals surface area contributed by atoms with Gasteiger partial charge in [-0.25, -0.2) is 0 Å². The number of methoxy groups -OCH3 is 1. The number of halogens is 3. The van der Waals surface area contributed by atoms with Gasteiger partial charge in [0.15, 0.2) is 0 Å². The van der Waals surface area contributed by atoms with Crippen molar-refractivity contribution in [2.24, 2.45) is 0 Å². The lowest BCUT2D eigenvalue weighted by molar-refractivity contribution is -0.0501. The first-order chi connectivity index (χ1) is 11.7. The highest BCUT2D eigenvalue weighted by Gasteiger charge is 2.48. The minimum absolute atomic E-state index is 0.186. The van der Waals surface area contributed by atoms with Crippen LogP contribution in [0.4, 0.5) is 13.2 Å². The fraction of sp³-hybridized carbons (Fsp3) is 0.200. The van der Waals surface area contributed by atoms with Crippen molar-refractivity contribution < 1.29 is 30.5 Å². The molecule has 0 saturated carbocycles. The van der Waals surface area contributed by atoms with E-state index in [-0.39, 0.29) is 12.2 Å². The molecule has 0 saturated heterocycles. The third kappa shape index (κ3) is 3.43. The first-order valence-corrected chi connectivity index (χ1v) is 8.43. The number of alkyl halides is 3. The monoisotopic (exact) mass is 374 g/mol. The Hall–Kier alpha value is -2.62. The summed E-state index contributed by atoms with van der Waals surface area (Å²) in [6, 6.07) is 10.5. The van der Waals surface area contributed by atoms with Crippen molar-refractivity contribution in [3.05, 3.63) is 47.8 Å². The number of hydrogen-bond acceptors (Lipinski definition) is 4. The van der Waals surface area contributed by atoms with E-state index < -0.39 is 21.5 Å². The molecule has 2 aromatic heterocycles. The molecule has 1 aromatic carbocycles. The van der Waals surface area contributed by atoms with E-state index in [1.165, 1.54) is 7.11 Å². The number of para-hydroxylation sites is 1. The van der Waals surface area contributed by atoms with Crippen LogP contribution in [0.2, 0.25) is 0 Å². The second-order valence-corrected chi connectivity index (χ2v) is 6.76. The summed E-state index contributed by atoms with van der Waals surface area (Å²) in [5, 5.41) is 0.971. The van der Waals surface area contributed by atoms with E-state index in [1.54, 1.807) is 0 Å². The molecule has 3 aromatic rings. The normalized spacial score (nSPS) is 12.5. The molecular weight excluding hydrogens is 361 g/mol. The van der Waals surface area contributed by atoms with Crippen molar-refractivity contribution >= 4 is 21.0 Å². The molecule has 0 amide bonds. The predicted octanol–water partition coefficient (Wildman–Crippen LogP) is 3.32. The van der Waals surface area contributed by atoms with Crippen molar-refractivity contribution in [2.75, 3.05) is 7.11 Å². The van der Waals surface area contributed by atoms with Crippen molar-refractivity contribution in [3.8, 4) is 11.6 Å². The summed E-state index contributed by atoms with van der Waals surface area (Å²) >= 11 is 0. The molecule has 0 aliphatic rings. The van der Waals surface area contributed by atoms with Crippen LogP contribution >= 0.6 is 0 Å². The zero-order chi connectivity index (χ0) is 18.2. The molecule has 0 fully saturated rings. The maximum absolute atomic E-state index is 12.4. The first kappa shape index (κ1) is 17.2. The smallest absolute Gasteiger partial charge is 0.495 e. The number of nitrogens with one attached hydrogen (secondary N) is 2. The molecule has 2 heterocycles. The quantitative estimate of drug-likeness (QED) is 0.530. The van der Waals surface area contributed by atoms with Crippen LogP contribution in [0.5, 0.6) is 11.6 Å².